The topological polar surface area (TPSA) is 45.0 Å². The third-order valence-corrected chi connectivity index (χ3v) is 4.37. The zero-order valence-electron chi connectivity index (χ0n) is 10.9. The molecule has 2 unspecified atom stereocenters. The van der Waals surface area contributed by atoms with E-state index in [1.54, 1.807) is 0 Å². The molecule has 2 aliphatic rings. The fourth-order valence-corrected chi connectivity index (χ4v) is 3.08. The van der Waals surface area contributed by atoms with E-state index in [-0.39, 0.29) is 5.54 Å². The summed E-state index contributed by atoms with van der Waals surface area (Å²) in [6, 6.07) is 3.08. The summed E-state index contributed by atoms with van der Waals surface area (Å²) < 4.78 is 5.46. The zero-order chi connectivity index (χ0) is 12.1. The molecule has 0 aromatic heterocycles. The number of hydrogen-bond acceptors (Lipinski definition) is 3. The van der Waals surface area contributed by atoms with Crippen molar-refractivity contribution in [2.24, 2.45) is 5.92 Å². The first-order valence-corrected chi connectivity index (χ1v) is 7.03. The van der Waals surface area contributed by atoms with Crippen LogP contribution in [0.5, 0.6) is 0 Å². The van der Waals surface area contributed by atoms with Gasteiger partial charge in [0, 0.05) is 25.0 Å². The molecule has 0 aromatic rings. The molecule has 0 spiro atoms. The van der Waals surface area contributed by atoms with Gasteiger partial charge in [-0.2, -0.15) is 5.26 Å². The molecule has 17 heavy (non-hydrogen) atoms. The highest BCUT2D eigenvalue weighted by molar-refractivity contribution is 5.12. The van der Waals surface area contributed by atoms with E-state index in [9.17, 15) is 5.26 Å². The lowest BCUT2D eigenvalue weighted by molar-refractivity contribution is 0.0104. The van der Waals surface area contributed by atoms with E-state index in [1.807, 2.05) is 0 Å². The number of nitrogens with one attached hydrogen (secondary N) is 1. The minimum Gasteiger partial charge on any atom is -0.381 e. The van der Waals surface area contributed by atoms with Crippen molar-refractivity contribution in [1.82, 2.24) is 5.32 Å². The van der Waals surface area contributed by atoms with Crippen molar-refractivity contribution in [2.75, 3.05) is 13.2 Å². The average molecular weight is 236 g/mol. The predicted octanol–water partition coefficient (Wildman–Crippen LogP) is 2.62. The van der Waals surface area contributed by atoms with Crippen molar-refractivity contribution in [1.29, 1.82) is 5.26 Å². The molecular weight excluding hydrogens is 212 g/mol. The first-order chi connectivity index (χ1) is 8.27. The van der Waals surface area contributed by atoms with Gasteiger partial charge in [0.2, 0.25) is 0 Å². The molecule has 1 N–H and O–H groups in total. The molecule has 0 aromatic carbocycles. The van der Waals surface area contributed by atoms with Crippen molar-refractivity contribution >= 4 is 0 Å². The highest BCUT2D eigenvalue weighted by Gasteiger charge is 2.40. The third-order valence-electron chi connectivity index (χ3n) is 4.37. The Bertz CT molecular complexity index is 278. The van der Waals surface area contributed by atoms with Gasteiger partial charge in [0.1, 0.15) is 5.54 Å². The molecular formula is C14H24N2O. The van der Waals surface area contributed by atoms with Crippen LogP contribution in [0.1, 0.15) is 51.9 Å². The van der Waals surface area contributed by atoms with Crippen LogP contribution in [0.25, 0.3) is 0 Å². The Hall–Kier alpha value is -0.590. The maximum absolute atomic E-state index is 9.54. The van der Waals surface area contributed by atoms with Gasteiger partial charge in [0.15, 0.2) is 0 Å². The van der Waals surface area contributed by atoms with Gasteiger partial charge in [-0.1, -0.05) is 32.6 Å². The van der Waals surface area contributed by atoms with Gasteiger partial charge in [0.25, 0.3) is 0 Å². The molecule has 1 saturated carbocycles. The summed E-state index contributed by atoms with van der Waals surface area (Å²) in [6.45, 7) is 3.57. The van der Waals surface area contributed by atoms with E-state index in [2.05, 4.69) is 18.3 Å². The summed E-state index contributed by atoms with van der Waals surface area (Å²) in [5, 5.41) is 13.2. The Balaban J connectivity index is 2.00. The van der Waals surface area contributed by atoms with Crippen LogP contribution < -0.4 is 5.32 Å². The highest BCUT2D eigenvalue weighted by atomic mass is 16.5. The molecule has 1 aliphatic heterocycles. The molecule has 1 heterocycles. The molecule has 2 atom stereocenters. The monoisotopic (exact) mass is 236 g/mol. The molecule has 0 bridgehead atoms. The van der Waals surface area contributed by atoms with E-state index < -0.39 is 0 Å². The molecule has 0 amide bonds. The Morgan fingerprint density at radius 3 is 2.53 bits per heavy atom. The van der Waals surface area contributed by atoms with Crippen LogP contribution in [0.4, 0.5) is 0 Å². The number of rotatable bonds is 2. The second-order valence-corrected chi connectivity index (χ2v) is 5.64. The predicted molar refractivity (Wildman–Crippen MR) is 67.6 cm³/mol. The van der Waals surface area contributed by atoms with Gasteiger partial charge in [-0.3, -0.25) is 5.32 Å². The number of nitriles is 1. The summed E-state index contributed by atoms with van der Waals surface area (Å²) in [4.78, 5) is 0. The lowest BCUT2D eigenvalue weighted by atomic mass is 9.81. The van der Waals surface area contributed by atoms with Crippen molar-refractivity contribution in [3.63, 3.8) is 0 Å². The first kappa shape index (κ1) is 12.9. The molecule has 96 valence electrons. The smallest absolute Gasteiger partial charge is 0.113 e. The van der Waals surface area contributed by atoms with E-state index >= 15 is 0 Å². The van der Waals surface area contributed by atoms with Gasteiger partial charge in [-0.25, -0.2) is 0 Å². The first-order valence-electron chi connectivity index (χ1n) is 7.03. The van der Waals surface area contributed by atoms with Crippen LogP contribution >= 0.6 is 0 Å². The minimum atomic E-state index is -0.340. The van der Waals surface area contributed by atoms with Crippen molar-refractivity contribution < 1.29 is 4.74 Å². The van der Waals surface area contributed by atoms with Crippen LogP contribution in [-0.4, -0.2) is 24.8 Å². The van der Waals surface area contributed by atoms with E-state index in [0.29, 0.717) is 18.6 Å². The largest absolute Gasteiger partial charge is 0.381 e. The van der Waals surface area contributed by atoms with Crippen LogP contribution in [0.15, 0.2) is 0 Å². The number of hydrogen-bond donors (Lipinski definition) is 1. The maximum atomic E-state index is 9.54. The second-order valence-electron chi connectivity index (χ2n) is 5.64. The Morgan fingerprint density at radius 2 is 1.94 bits per heavy atom. The fourth-order valence-electron chi connectivity index (χ4n) is 3.08. The van der Waals surface area contributed by atoms with Crippen LogP contribution in [0.3, 0.4) is 0 Å². The van der Waals surface area contributed by atoms with Crippen LogP contribution in [0, 0.1) is 17.2 Å². The molecule has 2 rings (SSSR count). The molecule has 2 fully saturated rings. The van der Waals surface area contributed by atoms with Gasteiger partial charge in [0.05, 0.1) is 12.7 Å². The lowest BCUT2D eigenvalue weighted by Crippen LogP contribution is -2.57. The molecule has 0 radical (unpaired) electrons. The van der Waals surface area contributed by atoms with Crippen LogP contribution in [0.2, 0.25) is 0 Å². The summed E-state index contributed by atoms with van der Waals surface area (Å²) in [7, 11) is 0. The van der Waals surface area contributed by atoms with E-state index in [0.717, 1.165) is 13.0 Å². The van der Waals surface area contributed by atoms with Crippen molar-refractivity contribution in [3.05, 3.63) is 0 Å². The average Bonchev–Trinajstić information content (AvgIpc) is 2.61. The quantitative estimate of drug-likeness (QED) is 0.750. The number of ether oxygens (including phenoxy) is 1. The van der Waals surface area contributed by atoms with E-state index in [1.165, 1.54) is 38.5 Å². The zero-order valence-corrected chi connectivity index (χ0v) is 10.9. The summed E-state index contributed by atoms with van der Waals surface area (Å²) in [5.41, 5.74) is -0.340. The minimum absolute atomic E-state index is 0.296. The number of nitrogens with zero attached hydrogens (tertiary/aromatic N) is 1. The van der Waals surface area contributed by atoms with E-state index in [4.69, 9.17) is 4.74 Å². The lowest BCUT2D eigenvalue weighted by Gasteiger charge is -2.40. The van der Waals surface area contributed by atoms with Crippen LogP contribution in [-0.2, 0) is 4.74 Å². The highest BCUT2D eigenvalue weighted by Crippen LogP contribution is 2.29. The van der Waals surface area contributed by atoms with Gasteiger partial charge in [-0.05, 0) is 12.8 Å². The van der Waals surface area contributed by atoms with Gasteiger partial charge in [-0.15, -0.1) is 0 Å². The van der Waals surface area contributed by atoms with Gasteiger partial charge < -0.3 is 4.74 Å². The molecule has 3 heteroatoms. The fraction of sp³-hybridized carbons (Fsp3) is 0.929. The maximum Gasteiger partial charge on any atom is 0.113 e. The van der Waals surface area contributed by atoms with Gasteiger partial charge >= 0.3 is 0 Å². The third kappa shape index (κ3) is 3.00. The summed E-state index contributed by atoms with van der Waals surface area (Å²) >= 11 is 0. The van der Waals surface area contributed by atoms with Crippen molar-refractivity contribution in [3.8, 4) is 6.07 Å². The normalized spacial score (nSPS) is 36.1. The Kier molecular flexibility index (Phi) is 4.42. The summed E-state index contributed by atoms with van der Waals surface area (Å²) in [5.74, 6) is 0.296. The molecule has 1 saturated heterocycles. The Morgan fingerprint density at radius 1 is 1.24 bits per heavy atom. The SMILES string of the molecule is CC1COCCC1(C#N)NC1CCCCCC1. The van der Waals surface area contributed by atoms with Crippen molar-refractivity contribution in [2.45, 2.75) is 63.5 Å². The standard InChI is InChI=1S/C14H24N2O/c1-12-10-17-9-8-14(12,11-15)16-13-6-4-2-3-5-7-13/h12-13,16H,2-10H2,1H3. The Labute approximate surface area is 105 Å². The molecule has 1 aliphatic carbocycles. The molecule has 3 nitrogen and oxygen atoms in total. The summed E-state index contributed by atoms with van der Waals surface area (Å²) in [6.07, 6.45) is 8.64. The second kappa shape index (κ2) is 5.84.